The lowest BCUT2D eigenvalue weighted by molar-refractivity contribution is -0.132. The van der Waals surface area contributed by atoms with Crippen LogP contribution in [0.25, 0.3) is 10.8 Å². The molecule has 8 heteroatoms. The Bertz CT molecular complexity index is 1130. The van der Waals surface area contributed by atoms with Crippen molar-refractivity contribution in [3.8, 4) is 11.5 Å². The molecule has 0 aliphatic carbocycles. The third-order valence-electron chi connectivity index (χ3n) is 4.63. The highest BCUT2D eigenvalue weighted by atomic mass is 16.5. The first kappa shape index (κ1) is 23.6. The van der Waals surface area contributed by atoms with Gasteiger partial charge < -0.3 is 14.8 Å². The van der Waals surface area contributed by atoms with Crippen LogP contribution < -0.4 is 25.6 Å². The zero-order valence-electron chi connectivity index (χ0n) is 18.8. The van der Waals surface area contributed by atoms with E-state index in [1.807, 2.05) is 50.2 Å². The van der Waals surface area contributed by atoms with Gasteiger partial charge >= 0.3 is 0 Å². The largest absolute Gasteiger partial charge is 0.491 e. The van der Waals surface area contributed by atoms with E-state index in [9.17, 15) is 14.4 Å². The molecule has 0 aliphatic rings. The second-order valence-corrected chi connectivity index (χ2v) is 7.68. The van der Waals surface area contributed by atoms with Gasteiger partial charge in [0.2, 0.25) is 0 Å². The monoisotopic (exact) mass is 449 g/mol. The van der Waals surface area contributed by atoms with E-state index in [0.29, 0.717) is 17.1 Å². The van der Waals surface area contributed by atoms with Crippen LogP contribution in [0.4, 0.5) is 0 Å². The summed E-state index contributed by atoms with van der Waals surface area (Å²) in [6.45, 7) is 5.09. The van der Waals surface area contributed by atoms with Gasteiger partial charge in [-0.05, 0) is 67.9 Å². The first-order chi connectivity index (χ1) is 15.8. The lowest BCUT2D eigenvalue weighted by Crippen LogP contribution is -2.50. The molecule has 0 heterocycles. The molecule has 3 rings (SSSR count). The standard InChI is InChI=1S/C25H27N3O5/c1-16(2)32-21-11-9-19(10-12-21)25(31)26-15-23(29)27-28-24(30)17(3)33-22-13-8-18-6-4-5-7-20(18)14-22/h4-14,16-17H,15H2,1-3H3,(H,26,31)(H,27,29)(H,28,30). The van der Waals surface area contributed by atoms with E-state index in [4.69, 9.17) is 9.47 Å². The van der Waals surface area contributed by atoms with Crippen LogP contribution in [-0.2, 0) is 9.59 Å². The number of amides is 3. The van der Waals surface area contributed by atoms with Gasteiger partial charge in [-0.25, -0.2) is 0 Å². The zero-order valence-corrected chi connectivity index (χ0v) is 18.8. The minimum Gasteiger partial charge on any atom is -0.491 e. The third kappa shape index (κ3) is 6.96. The van der Waals surface area contributed by atoms with Gasteiger partial charge in [0, 0.05) is 5.56 Å². The molecule has 1 atom stereocenters. The summed E-state index contributed by atoms with van der Waals surface area (Å²) < 4.78 is 11.2. The second kappa shape index (κ2) is 11.0. The molecule has 1 unspecified atom stereocenters. The number of benzene rings is 3. The van der Waals surface area contributed by atoms with Crippen molar-refractivity contribution < 1.29 is 23.9 Å². The molecule has 33 heavy (non-hydrogen) atoms. The van der Waals surface area contributed by atoms with E-state index >= 15 is 0 Å². The molecule has 3 amide bonds. The maximum Gasteiger partial charge on any atom is 0.279 e. The minimum absolute atomic E-state index is 0.0317. The van der Waals surface area contributed by atoms with E-state index in [1.165, 1.54) is 0 Å². The van der Waals surface area contributed by atoms with E-state index in [0.717, 1.165) is 10.8 Å². The fourth-order valence-corrected chi connectivity index (χ4v) is 3.00. The highest BCUT2D eigenvalue weighted by Gasteiger charge is 2.16. The molecule has 3 aromatic carbocycles. The molecule has 0 saturated heterocycles. The lowest BCUT2D eigenvalue weighted by atomic mass is 10.1. The van der Waals surface area contributed by atoms with Gasteiger partial charge in [-0.2, -0.15) is 0 Å². The van der Waals surface area contributed by atoms with Gasteiger partial charge in [-0.3, -0.25) is 25.2 Å². The summed E-state index contributed by atoms with van der Waals surface area (Å²) in [4.78, 5) is 36.4. The topological polar surface area (TPSA) is 106 Å². The molecular formula is C25H27N3O5. The number of fused-ring (bicyclic) bond motifs is 1. The smallest absolute Gasteiger partial charge is 0.279 e. The number of hydrogen-bond acceptors (Lipinski definition) is 5. The molecule has 0 radical (unpaired) electrons. The van der Waals surface area contributed by atoms with Crippen LogP contribution in [-0.4, -0.2) is 36.5 Å². The molecule has 3 aromatic rings. The highest BCUT2D eigenvalue weighted by Crippen LogP contribution is 2.21. The molecule has 0 spiro atoms. The Balaban J connectivity index is 1.41. The van der Waals surface area contributed by atoms with Gasteiger partial charge in [0.05, 0.1) is 12.6 Å². The first-order valence-corrected chi connectivity index (χ1v) is 10.6. The van der Waals surface area contributed by atoms with Gasteiger partial charge in [-0.15, -0.1) is 0 Å². The zero-order chi connectivity index (χ0) is 23.8. The molecule has 0 aromatic heterocycles. The minimum atomic E-state index is -0.840. The second-order valence-electron chi connectivity index (χ2n) is 7.68. The Kier molecular flexibility index (Phi) is 7.86. The van der Waals surface area contributed by atoms with E-state index in [-0.39, 0.29) is 12.6 Å². The van der Waals surface area contributed by atoms with Crippen molar-refractivity contribution in [2.24, 2.45) is 0 Å². The maximum atomic E-state index is 12.2. The molecule has 0 saturated carbocycles. The number of carbonyl (C=O) groups is 3. The maximum absolute atomic E-state index is 12.2. The van der Waals surface area contributed by atoms with Gasteiger partial charge in [0.1, 0.15) is 11.5 Å². The van der Waals surface area contributed by atoms with Crippen molar-refractivity contribution >= 4 is 28.5 Å². The summed E-state index contributed by atoms with van der Waals surface area (Å²) in [5.74, 6) is -0.319. The van der Waals surface area contributed by atoms with Crippen LogP contribution in [0, 0.1) is 0 Å². The number of hydrogen-bond donors (Lipinski definition) is 3. The van der Waals surface area contributed by atoms with E-state index < -0.39 is 23.8 Å². The Morgan fingerprint density at radius 1 is 0.788 bits per heavy atom. The number of ether oxygens (including phenoxy) is 2. The van der Waals surface area contributed by atoms with Crippen molar-refractivity contribution in [2.75, 3.05) is 6.54 Å². The molecule has 0 fully saturated rings. The molecule has 0 aliphatic heterocycles. The van der Waals surface area contributed by atoms with Gasteiger partial charge in [0.15, 0.2) is 6.10 Å². The summed E-state index contributed by atoms with van der Waals surface area (Å²) in [7, 11) is 0. The first-order valence-electron chi connectivity index (χ1n) is 10.6. The summed E-state index contributed by atoms with van der Waals surface area (Å²) in [6, 6.07) is 19.9. The molecule has 172 valence electrons. The van der Waals surface area contributed by atoms with Crippen molar-refractivity contribution in [3.63, 3.8) is 0 Å². The predicted octanol–water partition coefficient (Wildman–Crippen LogP) is 2.97. The van der Waals surface area contributed by atoms with Crippen LogP contribution in [0.1, 0.15) is 31.1 Å². The lowest BCUT2D eigenvalue weighted by Gasteiger charge is -2.15. The highest BCUT2D eigenvalue weighted by molar-refractivity contribution is 5.96. The molecule has 8 nitrogen and oxygen atoms in total. The van der Waals surface area contributed by atoms with Gasteiger partial charge in [0.25, 0.3) is 17.7 Å². The normalized spacial score (nSPS) is 11.5. The Morgan fingerprint density at radius 2 is 1.45 bits per heavy atom. The van der Waals surface area contributed by atoms with Crippen LogP contribution in [0.5, 0.6) is 11.5 Å². The predicted molar refractivity (Wildman–Crippen MR) is 125 cm³/mol. The van der Waals surface area contributed by atoms with E-state index in [2.05, 4.69) is 16.2 Å². The molecular weight excluding hydrogens is 422 g/mol. The fourth-order valence-electron chi connectivity index (χ4n) is 3.00. The number of hydrazine groups is 1. The summed E-state index contributed by atoms with van der Waals surface area (Å²) >= 11 is 0. The van der Waals surface area contributed by atoms with Crippen molar-refractivity contribution in [2.45, 2.75) is 33.0 Å². The molecule has 0 bridgehead atoms. The van der Waals surface area contributed by atoms with Gasteiger partial charge in [-0.1, -0.05) is 30.3 Å². The summed E-state index contributed by atoms with van der Waals surface area (Å²) in [5, 5.41) is 4.55. The fraction of sp³-hybridized carbons (Fsp3) is 0.240. The summed E-state index contributed by atoms with van der Waals surface area (Å²) in [6.07, 6.45) is -0.808. The van der Waals surface area contributed by atoms with E-state index in [1.54, 1.807) is 37.3 Å². The van der Waals surface area contributed by atoms with Crippen molar-refractivity contribution in [1.82, 2.24) is 16.2 Å². The quantitative estimate of drug-likeness (QED) is 0.459. The van der Waals surface area contributed by atoms with Crippen LogP contribution in [0.3, 0.4) is 0 Å². The van der Waals surface area contributed by atoms with Crippen LogP contribution >= 0.6 is 0 Å². The number of nitrogens with one attached hydrogen (secondary N) is 3. The number of carbonyl (C=O) groups excluding carboxylic acids is 3. The Hall–Kier alpha value is -4.07. The Labute approximate surface area is 192 Å². The average molecular weight is 450 g/mol. The van der Waals surface area contributed by atoms with Crippen LogP contribution in [0.15, 0.2) is 66.7 Å². The average Bonchev–Trinajstić information content (AvgIpc) is 2.81. The molecule has 3 N–H and O–H groups in total. The SMILES string of the molecule is CC(C)Oc1ccc(C(=O)NCC(=O)NNC(=O)C(C)Oc2ccc3ccccc3c2)cc1. The number of rotatable bonds is 8. The third-order valence-corrected chi connectivity index (χ3v) is 4.63. The summed E-state index contributed by atoms with van der Waals surface area (Å²) in [5.41, 5.74) is 4.95. The van der Waals surface area contributed by atoms with Crippen LogP contribution in [0.2, 0.25) is 0 Å². The Morgan fingerprint density at radius 3 is 2.15 bits per heavy atom. The van der Waals surface area contributed by atoms with Crippen molar-refractivity contribution in [3.05, 3.63) is 72.3 Å². The van der Waals surface area contributed by atoms with Crippen molar-refractivity contribution in [1.29, 1.82) is 0 Å².